The molecule has 0 aromatic heterocycles. The van der Waals surface area contributed by atoms with E-state index in [0.29, 0.717) is 37.0 Å². The molecule has 9 atom stereocenters. The summed E-state index contributed by atoms with van der Waals surface area (Å²) in [5.74, 6) is -4.22. The highest BCUT2D eigenvalue weighted by Gasteiger charge is 2.67. The van der Waals surface area contributed by atoms with Crippen LogP contribution in [0, 0.1) is 29.6 Å². The third-order valence-electron chi connectivity index (χ3n) is 8.75. The van der Waals surface area contributed by atoms with Crippen LogP contribution in [0.15, 0.2) is 35.5 Å². The lowest BCUT2D eigenvalue weighted by Crippen LogP contribution is -2.57. The van der Waals surface area contributed by atoms with Crippen LogP contribution in [-0.4, -0.2) is 54.2 Å². The van der Waals surface area contributed by atoms with E-state index >= 15 is 0 Å². The average molecular weight is 545 g/mol. The molecule has 8 nitrogen and oxygen atoms in total. The zero-order chi connectivity index (χ0) is 29.2. The number of carbonyl (C=O) groups excluding carboxylic acids is 4. The molecule has 0 aromatic carbocycles. The van der Waals surface area contributed by atoms with E-state index in [9.17, 15) is 19.2 Å². The van der Waals surface area contributed by atoms with Crippen LogP contribution in [0.4, 0.5) is 0 Å². The number of ether oxygens (including phenoxy) is 4. The van der Waals surface area contributed by atoms with Crippen LogP contribution in [0.3, 0.4) is 0 Å². The van der Waals surface area contributed by atoms with E-state index in [1.54, 1.807) is 26.8 Å². The Bertz CT molecular complexity index is 1060. The fraction of sp³-hybridized carbons (Fsp3) is 0.677. The fourth-order valence-corrected chi connectivity index (χ4v) is 5.57. The van der Waals surface area contributed by atoms with Gasteiger partial charge < -0.3 is 18.9 Å². The van der Waals surface area contributed by atoms with Gasteiger partial charge in [-0.1, -0.05) is 52.8 Å². The molecule has 0 aromatic rings. The van der Waals surface area contributed by atoms with E-state index in [-0.39, 0.29) is 17.6 Å². The van der Waals surface area contributed by atoms with Gasteiger partial charge in [-0.25, -0.2) is 4.79 Å². The Kier molecular flexibility index (Phi) is 9.63. The van der Waals surface area contributed by atoms with Gasteiger partial charge >= 0.3 is 17.9 Å². The molecule has 1 saturated heterocycles. The summed E-state index contributed by atoms with van der Waals surface area (Å²) >= 11 is 0. The van der Waals surface area contributed by atoms with Crippen LogP contribution in [0.1, 0.15) is 74.7 Å². The van der Waals surface area contributed by atoms with Crippen molar-refractivity contribution in [2.24, 2.45) is 29.6 Å². The molecule has 8 heteroatoms. The number of esters is 3. The average Bonchev–Trinajstić information content (AvgIpc) is 3.59. The van der Waals surface area contributed by atoms with E-state index in [0.717, 1.165) is 5.57 Å². The number of allylic oxidation sites excluding steroid dienone is 2. The summed E-state index contributed by atoms with van der Waals surface area (Å²) in [7, 11) is 0. The summed E-state index contributed by atoms with van der Waals surface area (Å²) in [6.07, 6.45) is 1.86. The number of hydrogen-bond donors (Lipinski definition) is 0. The molecule has 2 aliphatic carbocycles. The molecule has 3 aliphatic rings. The van der Waals surface area contributed by atoms with Gasteiger partial charge in [0.2, 0.25) is 0 Å². The van der Waals surface area contributed by atoms with Gasteiger partial charge in [-0.3, -0.25) is 14.4 Å². The molecule has 0 spiro atoms. The van der Waals surface area contributed by atoms with Gasteiger partial charge in [0.1, 0.15) is 6.10 Å². The number of fused-ring (bicyclic) bond motifs is 1. The predicted octanol–water partition coefficient (Wildman–Crippen LogP) is 4.91. The lowest BCUT2D eigenvalue weighted by molar-refractivity contribution is -0.182. The van der Waals surface area contributed by atoms with Gasteiger partial charge in [-0.2, -0.15) is 0 Å². The molecular formula is C31H44O8. The summed E-state index contributed by atoms with van der Waals surface area (Å²) in [6.45, 7) is 19.4. The number of Topliss-reactive ketones (excluding diaryl/α,β-unsaturated/α-hetero) is 1. The Labute approximate surface area is 232 Å². The van der Waals surface area contributed by atoms with Gasteiger partial charge in [0.25, 0.3) is 0 Å². The summed E-state index contributed by atoms with van der Waals surface area (Å²) in [4.78, 5) is 52.7. The lowest BCUT2D eigenvalue weighted by atomic mass is 9.63. The van der Waals surface area contributed by atoms with Crippen molar-refractivity contribution >= 4 is 23.7 Å². The summed E-state index contributed by atoms with van der Waals surface area (Å²) in [5, 5.41) is 0. The van der Waals surface area contributed by atoms with Crippen LogP contribution in [0.25, 0.3) is 0 Å². The number of rotatable bonds is 10. The minimum absolute atomic E-state index is 0.305. The summed E-state index contributed by atoms with van der Waals surface area (Å²) < 4.78 is 23.8. The monoisotopic (exact) mass is 544 g/mol. The lowest BCUT2D eigenvalue weighted by Gasteiger charge is -2.47. The van der Waals surface area contributed by atoms with Crippen molar-refractivity contribution in [3.63, 3.8) is 0 Å². The van der Waals surface area contributed by atoms with Gasteiger partial charge in [0.15, 0.2) is 18.0 Å². The van der Waals surface area contributed by atoms with E-state index in [4.69, 9.17) is 18.9 Å². The van der Waals surface area contributed by atoms with Crippen molar-refractivity contribution in [2.75, 3.05) is 6.61 Å². The highest BCUT2D eigenvalue weighted by molar-refractivity contribution is 6.04. The first-order chi connectivity index (χ1) is 18.3. The van der Waals surface area contributed by atoms with Crippen molar-refractivity contribution in [3.8, 4) is 0 Å². The van der Waals surface area contributed by atoms with Gasteiger partial charge in [-0.05, 0) is 51.2 Å². The van der Waals surface area contributed by atoms with Crippen LogP contribution in [0.5, 0.6) is 0 Å². The molecule has 3 rings (SSSR count). The van der Waals surface area contributed by atoms with Gasteiger partial charge in [-0.15, -0.1) is 0 Å². The van der Waals surface area contributed by atoms with Gasteiger partial charge in [0, 0.05) is 23.8 Å². The first-order valence-electron chi connectivity index (χ1n) is 14.2. The molecule has 0 radical (unpaired) electrons. The third kappa shape index (κ3) is 6.06. The predicted molar refractivity (Wildman–Crippen MR) is 145 cm³/mol. The summed E-state index contributed by atoms with van der Waals surface area (Å²) in [6, 6.07) is 0. The molecule has 0 unspecified atom stereocenters. The van der Waals surface area contributed by atoms with Crippen LogP contribution in [0.2, 0.25) is 0 Å². The largest absolute Gasteiger partial charge is 0.457 e. The number of carbonyl (C=O) groups is 4. The molecule has 216 valence electrons. The summed E-state index contributed by atoms with van der Waals surface area (Å²) in [5.41, 5.74) is 0.981. The number of hydrogen-bond acceptors (Lipinski definition) is 8. The van der Waals surface area contributed by atoms with Crippen molar-refractivity contribution in [1.29, 1.82) is 0 Å². The topological polar surface area (TPSA) is 109 Å². The Hall–Kier alpha value is -2.74. The molecule has 39 heavy (non-hydrogen) atoms. The molecule has 0 bridgehead atoms. The highest BCUT2D eigenvalue weighted by atomic mass is 16.6. The second-order valence-electron chi connectivity index (χ2n) is 11.4. The maximum atomic E-state index is 13.7. The maximum absolute atomic E-state index is 13.7. The Morgan fingerprint density at radius 1 is 1.03 bits per heavy atom. The highest BCUT2D eigenvalue weighted by Crippen LogP contribution is 2.58. The third-order valence-corrected chi connectivity index (χ3v) is 8.75. The second kappa shape index (κ2) is 12.2. The molecular weight excluding hydrogens is 500 g/mol. The molecule has 0 N–H and O–H groups in total. The Morgan fingerprint density at radius 2 is 1.59 bits per heavy atom. The van der Waals surface area contributed by atoms with E-state index in [1.165, 1.54) is 6.08 Å². The molecule has 0 amide bonds. The first-order valence-corrected chi connectivity index (χ1v) is 14.2. The zero-order valence-corrected chi connectivity index (χ0v) is 24.6. The van der Waals surface area contributed by atoms with Crippen molar-refractivity contribution in [1.82, 2.24) is 0 Å². The maximum Gasteiger partial charge on any atom is 0.331 e. The molecule has 3 fully saturated rings. The van der Waals surface area contributed by atoms with E-state index in [2.05, 4.69) is 6.58 Å². The van der Waals surface area contributed by atoms with E-state index < -0.39 is 59.6 Å². The minimum atomic E-state index is -1.11. The van der Waals surface area contributed by atoms with Crippen LogP contribution >= 0.6 is 0 Å². The zero-order valence-electron chi connectivity index (χ0n) is 24.6. The Morgan fingerprint density at radius 3 is 2.08 bits per heavy atom. The molecule has 1 heterocycles. The van der Waals surface area contributed by atoms with Crippen LogP contribution in [-0.2, 0) is 38.1 Å². The minimum Gasteiger partial charge on any atom is -0.457 e. The van der Waals surface area contributed by atoms with Crippen molar-refractivity contribution in [2.45, 2.75) is 98.6 Å². The molecule has 2 saturated carbocycles. The Balaban J connectivity index is 2.14. The second-order valence-corrected chi connectivity index (χ2v) is 11.4. The van der Waals surface area contributed by atoms with Crippen molar-refractivity contribution < 1.29 is 38.1 Å². The number of ketones is 1. The number of epoxide rings is 1. The quantitative estimate of drug-likeness (QED) is 0.126. The first kappa shape index (κ1) is 30.8. The molecule has 1 aliphatic heterocycles. The smallest absolute Gasteiger partial charge is 0.331 e. The van der Waals surface area contributed by atoms with Crippen molar-refractivity contribution in [3.05, 3.63) is 35.5 Å². The van der Waals surface area contributed by atoms with E-state index in [1.807, 2.05) is 34.6 Å². The standard InChI is InChI=1S/C31H44O8/c1-10-16(5)14-21(32)37-26-19(8)22-23(20(13-4)25(33)27(22)38-29(34)17(6)11-2)24(31(9)15-36-31)28(26)39-30(35)18(7)12-3/h13-14,17-18,22-24,26-28H,8,10-12,15H2,1-7,9H3/b16-14+,20-13-/t17-,18-,22-,23+,24-,26-,27-,28+,31+/m0/s1. The van der Waals surface area contributed by atoms with Gasteiger partial charge in [0.05, 0.1) is 24.0 Å². The fourth-order valence-electron chi connectivity index (χ4n) is 5.57. The SMILES string of the molecule is C=C1[C@H]2[C@@H](/C(=C/C)C(=O)[C@H]2OC(=O)[C@@H](C)CC)[C@H]([C@@]2(C)CO2)[C@@H](OC(=O)[C@@H](C)CC)[C@H]1OC(=O)/C=C(\C)CC. The normalized spacial score (nSPS) is 34.8. The van der Waals surface area contributed by atoms with Crippen LogP contribution < -0.4 is 0 Å².